The van der Waals surface area contributed by atoms with Gasteiger partial charge in [-0.2, -0.15) is 11.8 Å². The normalized spacial score (nSPS) is 20.6. The fourth-order valence-corrected chi connectivity index (χ4v) is 3.57. The van der Waals surface area contributed by atoms with Crippen LogP contribution in [0.2, 0.25) is 5.02 Å². The lowest BCUT2D eigenvalue weighted by Gasteiger charge is -2.23. The maximum atomic E-state index is 6.23. The van der Waals surface area contributed by atoms with Crippen molar-refractivity contribution in [2.24, 2.45) is 0 Å². The van der Waals surface area contributed by atoms with Gasteiger partial charge in [0.2, 0.25) is 0 Å². The number of nitrogens with two attached hydrogens (primary N) is 1. The molecule has 1 aromatic carbocycles. The zero-order chi connectivity index (χ0) is 13.2. The summed E-state index contributed by atoms with van der Waals surface area (Å²) in [5.41, 5.74) is 7.89. The number of thioether (sulfide) groups is 1. The molecule has 2 N–H and O–H groups in total. The van der Waals surface area contributed by atoms with Gasteiger partial charge >= 0.3 is 0 Å². The van der Waals surface area contributed by atoms with Crippen LogP contribution in [0.4, 0.5) is 5.69 Å². The summed E-state index contributed by atoms with van der Waals surface area (Å²) in [4.78, 5) is 2.46. The van der Waals surface area contributed by atoms with Crippen molar-refractivity contribution in [2.75, 3.05) is 24.6 Å². The summed E-state index contributed by atoms with van der Waals surface area (Å²) in [6.45, 7) is 7.74. The molecule has 1 aromatic rings. The molecule has 2 nitrogen and oxygen atoms in total. The minimum Gasteiger partial charge on any atom is -0.398 e. The predicted octanol–water partition coefficient (Wildman–Crippen LogP) is 3.64. The van der Waals surface area contributed by atoms with Crippen molar-refractivity contribution < 1.29 is 0 Å². The van der Waals surface area contributed by atoms with Gasteiger partial charge in [0.15, 0.2) is 0 Å². The number of nitrogens with zero attached hydrogens (tertiary/aromatic N) is 1. The van der Waals surface area contributed by atoms with Crippen molar-refractivity contribution in [1.82, 2.24) is 4.90 Å². The second kappa shape index (κ2) is 5.72. The highest BCUT2D eigenvalue weighted by atomic mass is 35.5. The van der Waals surface area contributed by atoms with Gasteiger partial charge < -0.3 is 5.73 Å². The van der Waals surface area contributed by atoms with Gasteiger partial charge in [0.05, 0.1) is 0 Å². The van der Waals surface area contributed by atoms with Crippen LogP contribution in [0.1, 0.15) is 25.8 Å². The summed E-state index contributed by atoms with van der Waals surface area (Å²) in [6, 6.07) is 5.75. The van der Waals surface area contributed by atoms with E-state index in [2.05, 4.69) is 30.5 Å². The highest BCUT2D eigenvalue weighted by molar-refractivity contribution is 8.00. The zero-order valence-electron chi connectivity index (χ0n) is 11.1. The third-order valence-corrected chi connectivity index (χ3v) is 5.19. The van der Waals surface area contributed by atoms with Crippen LogP contribution in [0.25, 0.3) is 0 Å². The summed E-state index contributed by atoms with van der Waals surface area (Å²) in [5.74, 6) is 1.18. The Balaban J connectivity index is 2.05. The molecule has 0 atom stereocenters. The molecule has 0 bridgehead atoms. The molecule has 1 aliphatic rings. The zero-order valence-corrected chi connectivity index (χ0v) is 12.7. The van der Waals surface area contributed by atoms with Gasteiger partial charge in [-0.25, -0.2) is 0 Å². The first-order chi connectivity index (χ1) is 8.48. The lowest BCUT2D eigenvalue weighted by molar-refractivity contribution is 0.277. The number of rotatable bonds is 2. The average molecular weight is 285 g/mol. The molecule has 0 amide bonds. The quantitative estimate of drug-likeness (QED) is 0.841. The monoisotopic (exact) mass is 284 g/mol. The summed E-state index contributed by atoms with van der Waals surface area (Å²) >= 11 is 8.29. The molecular weight excluding hydrogens is 264 g/mol. The molecule has 0 radical (unpaired) electrons. The van der Waals surface area contributed by atoms with Crippen LogP contribution in [-0.2, 0) is 6.54 Å². The van der Waals surface area contributed by atoms with E-state index in [0.717, 1.165) is 35.9 Å². The number of halogens is 1. The second-order valence-corrected chi connectivity index (χ2v) is 7.65. The molecule has 100 valence electrons. The van der Waals surface area contributed by atoms with Crippen molar-refractivity contribution in [3.8, 4) is 0 Å². The minimum atomic E-state index is 0.390. The second-order valence-electron chi connectivity index (χ2n) is 5.44. The van der Waals surface area contributed by atoms with E-state index in [4.69, 9.17) is 17.3 Å². The fourth-order valence-electron chi connectivity index (χ4n) is 2.19. The Bertz CT molecular complexity index is 400. The van der Waals surface area contributed by atoms with E-state index in [1.165, 1.54) is 12.2 Å². The Kier molecular flexibility index (Phi) is 4.46. The molecule has 2 rings (SSSR count). The number of benzene rings is 1. The molecule has 0 saturated carbocycles. The first-order valence-corrected chi connectivity index (χ1v) is 7.73. The fraction of sp³-hybridized carbons (Fsp3) is 0.571. The Morgan fingerprint density at radius 2 is 2.17 bits per heavy atom. The molecule has 0 aromatic heterocycles. The van der Waals surface area contributed by atoms with Gasteiger partial charge in [0.25, 0.3) is 0 Å². The third kappa shape index (κ3) is 3.56. The molecule has 1 aliphatic heterocycles. The van der Waals surface area contributed by atoms with Gasteiger partial charge in [-0.1, -0.05) is 31.5 Å². The smallest absolute Gasteiger partial charge is 0.0471 e. The number of nitrogen functional groups attached to an aromatic ring is 1. The standard InChI is InChI=1S/C14H21ClN2S/c1-14(2)6-7-17(8-9-18-14)10-11-12(15)4-3-5-13(11)16/h3-5H,6-10,16H2,1-2H3. The molecular formula is C14H21ClN2S. The number of hydrogen-bond donors (Lipinski definition) is 1. The predicted molar refractivity (Wildman–Crippen MR) is 82.3 cm³/mol. The van der Waals surface area contributed by atoms with E-state index in [1.54, 1.807) is 0 Å². The minimum absolute atomic E-state index is 0.390. The van der Waals surface area contributed by atoms with Gasteiger partial charge in [-0.05, 0) is 25.1 Å². The van der Waals surface area contributed by atoms with Gasteiger partial charge in [0.1, 0.15) is 0 Å². The van der Waals surface area contributed by atoms with E-state index in [-0.39, 0.29) is 0 Å². The number of anilines is 1. The molecule has 1 saturated heterocycles. The summed E-state index contributed by atoms with van der Waals surface area (Å²) in [7, 11) is 0. The first-order valence-electron chi connectivity index (χ1n) is 6.37. The van der Waals surface area contributed by atoms with Crippen LogP contribution in [-0.4, -0.2) is 28.5 Å². The van der Waals surface area contributed by atoms with Gasteiger partial charge in [0, 0.05) is 39.9 Å². The summed E-state index contributed by atoms with van der Waals surface area (Å²) in [6.07, 6.45) is 1.21. The summed E-state index contributed by atoms with van der Waals surface area (Å²) in [5, 5.41) is 0.783. The van der Waals surface area contributed by atoms with Gasteiger partial charge in [-0.3, -0.25) is 4.90 Å². The summed E-state index contributed by atoms with van der Waals surface area (Å²) < 4.78 is 0.390. The van der Waals surface area contributed by atoms with Crippen molar-refractivity contribution in [3.05, 3.63) is 28.8 Å². The topological polar surface area (TPSA) is 29.3 Å². The Morgan fingerprint density at radius 1 is 1.39 bits per heavy atom. The van der Waals surface area contributed by atoms with Crippen LogP contribution in [0.3, 0.4) is 0 Å². The average Bonchev–Trinajstić information content (AvgIpc) is 2.46. The maximum Gasteiger partial charge on any atom is 0.0471 e. The van der Waals surface area contributed by atoms with Crippen molar-refractivity contribution in [1.29, 1.82) is 0 Å². The van der Waals surface area contributed by atoms with Crippen LogP contribution in [0, 0.1) is 0 Å². The first kappa shape index (κ1) is 14.0. The highest BCUT2D eigenvalue weighted by Gasteiger charge is 2.24. The Labute approximate surface area is 119 Å². The van der Waals surface area contributed by atoms with Gasteiger partial charge in [-0.15, -0.1) is 0 Å². The highest BCUT2D eigenvalue weighted by Crippen LogP contribution is 2.32. The molecule has 0 unspecified atom stereocenters. The molecule has 4 heteroatoms. The van der Waals surface area contributed by atoms with E-state index < -0.39 is 0 Å². The van der Waals surface area contributed by atoms with E-state index >= 15 is 0 Å². The third-order valence-electron chi connectivity index (χ3n) is 3.47. The SMILES string of the molecule is CC1(C)CCN(Cc2c(N)cccc2Cl)CCS1. The molecule has 1 fully saturated rings. The Morgan fingerprint density at radius 3 is 2.89 bits per heavy atom. The van der Waals surface area contributed by atoms with E-state index in [1.807, 2.05) is 18.2 Å². The van der Waals surface area contributed by atoms with Crippen molar-refractivity contribution in [3.63, 3.8) is 0 Å². The molecule has 0 spiro atoms. The molecule has 0 aliphatic carbocycles. The Hall–Kier alpha value is -0.380. The molecule has 1 heterocycles. The maximum absolute atomic E-state index is 6.23. The van der Waals surface area contributed by atoms with Crippen LogP contribution in [0.5, 0.6) is 0 Å². The van der Waals surface area contributed by atoms with Crippen LogP contribution >= 0.6 is 23.4 Å². The van der Waals surface area contributed by atoms with Crippen molar-refractivity contribution >= 4 is 29.1 Å². The van der Waals surface area contributed by atoms with E-state index in [0.29, 0.717) is 4.75 Å². The largest absolute Gasteiger partial charge is 0.398 e. The number of hydrogen-bond acceptors (Lipinski definition) is 3. The van der Waals surface area contributed by atoms with Crippen molar-refractivity contribution in [2.45, 2.75) is 31.6 Å². The molecule has 18 heavy (non-hydrogen) atoms. The van der Waals surface area contributed by atoms with Crippen LogP contribution < -0.4 is 5.73 Å². The van der Waals surface area contributed by atoms with E-state index in [9.17, 15) is 0 Å². The lowest BCUT2D eigenvalue weighted by atomic mass is 10.1. The van der Waals surface area contributed by atoms with Crippen LogP contribution in [0.15, 0.2) is 18.2 Å². The lowest BCUT2D eigenvalue weighted by Crippen LogP contribution is -2.27.